The second kappa shape index (κ2) is 4.49. The molecule has 0 amide bonds. The van der Waals surface area contributed by atoms with Gasteiger partial charge < -0.3 is 10.3 Å². The van der Waals surface area contributed by atoms with Crippen molar-refractivity contribution in [2.45, 2.75) is 46.6 Å². The van der Waals surface area contributed by atoms with Crippen LogP contribution in [-0.4, -0.2) is 4.57 Å². The van der Waals surface area contributed by atoms with Gasteiger partial charge in [0.2, 0.25) is 0 Å². The highest BCUT2D eigenvalue weighted by atomic mass is 15.0. The molecule has 0 saturated carbocycles. The molecule has 0 fully saturated rings. The minimum Gasteiger partial charge on any atom is -0.324 e. The maximum Gasteiger partial charge on any atom is 0.0457 e. The third-order valence-corrected chi connectivity index (χ3v) is 4.40. The predicted octanol–water partition coefficient (Wildman–Crippen LogP) is 4.07. The fraction of sp³-hybridized carbons (Fsp3) is 0.444. The van der Waals surface area contributed by atoms with Crippen molar-refractivity contribution in [3.8, 4) is 5.69 Å². The molecule has 2 heteroatoms. The van der Waals surface area contributed by atoms with Gasteiger partial charge in [0.15, 0.2) is 0 Å². The van der Waals surface area contributed by atoms with E-state index in [0.29, 0.717) is 0 Å². The van der Waals surface area contributed by atoms with Crippen LogP contribution in [0.4, 0.5) is 0 Å². The Hall–Kier alpha value is -1.54. The van der Waals surface area contributed by atoms with E-state index < -0.39 is 0 Å². The Labute approximate surface area is 121 Å². The number of rotatable bonds is 1. The van der Waals surface area contributed by atoms with E-state index in [0.717, 1.165) is 12.8 Å². The van der Waals surface area contributed by atoms with Gasteiger partial charge in [0.05, 0.1) is 0 Å². The van der Waals surface area contributed by atoms with E-state index in [1.165, 1.54) is 28.2 Å². The highest BCUT2D eigenvalue weighted by molar-refractivity contribution is 5.45. The van der Waals surface area contributed by atoms with Gasteiger partial charge in [-0.05, 0) is 61.4 Å². The molecule has 1 aromatic carbocycles. The summed E-state index contributed by atoms with van der Waals surface area (Å²) >= 11 is 0. The van der Waals surface area contributed by atoms with Crippen LogP contribution >= 0.6 is 0 Å². The van der Waals surface area contributed by atoms with Crippen molar-refractivity contribution >= 4 is 0 Å². The second-order valence-corrected chi connectivity index (χ2v) is 7.01. The SMILES string of the molecule is Cc1cccc(-n2c(C)cc3c2CC(C)(C)CC3N)c1. The third-order valence-electron chi connectivity index (χ3n) is 4.40. The smallest absolute Gasteiger partial charge is 0.0457 e. The fourth-order valence-corrected chi connectivity index (χ4v) is 3.57. The zero-order valence-electron chi connectivity index (χ0n) is 12.9. The zero-order chi connectivity index (χ0) is 14.5. The van der Waals surface area contributed by atoms with Crippen LogP contribution in [0.15, 0.2) is 30.3 Å². The monoisotopic (exact) mass is 268 g/mol. The predicted molar refractivity (Wildman–Crippen MR) is 84.3 cm³/mol. The van der Waals surface area contributed by atoms with Crippen molar-refractivity contribution in [1.82, 2.24) is 4.57 Å². The summed E-state index contributed by atoms with van der Waals surface area (Å²) in [4.78, 5) is 0. The van der Waals surface area contributed by atoms with Gasteiger partial charge in [-0.2, -0.15) is 0 Å². The molecule has 1 unspecified atom stereocenters. The van der Waals surface area contributed by atoms with Crippen molar-refractivity contribution < 1.29 is 0 Å². The lowest BCUT2D eigenvalue weighted by molar-refractivity contribution is 0.278. The lowest BCUT2D eigenvalue weighted by atomic mass is 9.74. The highest BCUT2D eigenvalue weighted by Gasteiger charge is 2.33. The molecule has 1 aliphatic rings. The molecular formula is C18H24N2. The van der Waals surface area contributed by atoms with Crippen molar-refractivity contribution in [3.63, 3.8) is 0 Å². The van der Waals surface area contributed by atoms with Gasteiger partial charge in [0.25, 0.3) is 0 Å². The van der Waals surface area contributed by atoms with E-state index in [1.807, 2.05) is 0 Å². The van der Waals surface area contributed by atoms with Crippen LogP contribution < -0.4 is 5.73 Å². The number of nitrogens with two attached hydrogens (primary N) is 1. The Balaban J connectivity index is 2.19. The highest BCUT2D eigenvalue weighted by Crippen LogP contribution is 2.41. The molecule has 0 bridgehead atoms. The van der Waals surface area contributed by atoms with Crippen LogP contribution in [0.5, 0.6) is 0 Å². The number of nitrogens with zero attached hydrogens (tertiary/aromatic N) is 1. The topological polar surface area (TPSA) is 30.9 Å². The van der Waals surface area contributed by atoms with Crippen LogP contribution in [0.25, 0.3) is 5.69 Å². The first-order valence-electron chi connectivity index (χ1n) is 7.41. The van der Waals surface area contributed by atoms with Gasteiger partial charge in [-0.25, -0.2) is 0 Å². The molecule has 3 rings (SSSR count). The Bertz CT molecular complexity index is 649. The van der Waals surface area contributed by atoms with Crippen molar-refractivity contribution in [3.05, 3.63) is 52.8 Å². The van der Waals surface area contributed by atoms with Crippen LogP contribution in [0.2, 0.25) is 0 Å². The summed E-state index contributed by atoms with van der Waals surface area (Å²) in [5, 5.41) is 0. The first-order chi connectivity index (χ1) is 9.37. The molecule has 1 heterocycles. The largest absolute Gasteiger partial charge is 0.324 e. The van der Waals surface area contributed by atoms with Crippen LogP contribution in [-0.2, 0) is 6.42 Å². The van der Waals surface area contributed by atoms with E-state index in [1.54, 1.807) is 0 Å². The Morgan fingerprint density at radius 1 is 1.20 bits per heavy atom. The number of benzene rings is 1. The van der Waals surface area contributed by atoms with Gasteiger partial charge in [-0.1, -0.05) is 26.0 Å². The number of aryl methyl sites for hydroxylation is 2. The maximum absolute atomic E-state index is 6.40. The third kappa shape index (κ3) is 2.18. The Morgan fingerprint density at radius 3 is 2.65 bits per heavy atom. The minimum absolute atomic E-state index is 0.165. The standard InChI is InChI=1S/C18H24N2/c1-12-6-5-7-14(8-12)20-13(2)9-15-16(19)10-18(3,4)11-17(15)20/h5-9,16H,10-11,19H2,1-4H3. The molecule has 20 heavy (non-hydrogen) atoms. The molecule has 0 aliphatic heterocycles. The molecule has 2 nitrogen and oxygen atoms in total. The number of aromatic nitrogens is 1. The van der Waals surface area contributed by atoms with Gasteiger partial charge in [0, 0.05) is 23.1 Å². The molecule has 1 aliphatic carbocycles. The van der Waals surface area contributed by atoms with Crippen LogP contribution in [0, 0.1) is 19.3 Å². The zero-order valence-corrected chi connectivity index (χ0v) is 12.9. The second-order valence-electron chi connectivity index (χ2n) is 7.01. The van der Waals surface area contributed by atoms with E-state index in [2.05, 4.69) is 62.6 Å². The number of hydrogen-bond donors (Lipinski definition) is 1. The van der Waals surface area contributed by atoms with Crippen molar-refractivity contribution in [2.24, 2.45) is 11.1 Å². The Kier molecular flexibility index (Phi) is 3.02. The first kappa shape index (κ1) is 13.4. The molecule has 1 aromatic heterocycles. The lowest BCUT2D eigenvalue weighted by Gasteiger charge is -2.34. The summed E-state index contributed by atoms with van der Waals surface area (Å²) in [5.74, 6) is 0. The van der Waals surface area contributed by atoms with E-state index in [4.69, 9.17) is 5.73 Å². The molecule has 0 saturated heterocycles. The van der Waals surface area contributed by atoms with Crippen molar-refractivity contribution in [2.75, 3.05) is 0 Å². The van der Waals surface area contributed by atoms with Gasteiger partial charge >= 0.3 is 0 Å². The van der Waals surface area contributed by atoms with Gasteiger partial charge in [-0.15, -0.1) is 0 Å². The summed E-state index contributed by atoms with van der Waals surface area (Å²) < 4.78 is 2.39. The van der Waals surface area contributed by atoms with E-state index in [9.17, 15) is 0 Å². The molecule has 1 atom stereocenters. The fourth-order valence-electron chi connectivity index (χ4n) is 3.57. The van der Waals surface area contributed by atoms with Gasteiger partial charge in [-0.3, -0.25) is 0 Å². The first-order valence-corrected chi connectivity index (χ1v) is 7.41. The van der Waals surface area contributed by atoms with E-state index >= 15 is 0 Å². The summed E-state index contributed by atoms with van der Waals surface area (Å²) in [7, 11) is 0. The van der Waals surface area contributed by atoms with E-state index in [-0.39, 0.29) is 11.5 Å². The Morgan fingerprint density at radius 2 is 1.95 bits per heavy atom. The molecule has 2 N–H and O–H groups in total. The summed E-state index contributed by atoms with van der Waals surface area (Å²) in [6.07, 6.45) is 2.16. The number of hydrogen-bond acceptors (Lipinski definition) is 1. The average molecular weight is 268 g/mol. The summed E-state index contributed by atoms with van der Waals surface area (Å²) in [6.45, 7) is 8.96. The van der Waals surface area contributed by atoms with Crippen LogP contribution in [0.3, 0.4) is 0 Å². The normalized spacial score (nSPS) is 20.8. The quantitative estimate of drug-likeness (QED) is 0.830. The average Bonchev–Trinajstić information content (AvgIpc) is 2.64. The molecule has 0 radical (unpaired) electrons. The van der Waals surface area contributed by atoms with Crippen LogP contribution in [0.1, 0.15) is 48.8 Å². The minimum atomic E-state index is 0.165. The summed E-state index contributed by atoms with van der Waals surface area (Å²) in [6, 6.07) is 11.2. The lowest BCUT2D eigenvalue weighted by Crippen LogP contribution is -2.30. The molecule has 106 valence electrons. The maximum atomic E-state index is 6.40. The molecule has 2 aromatic rings. The number of fused-ring (bicyclic) bond motifs is 1. The summed E-state index contributed by atoms with van der Waals surface area (Å²) in [5.41, 5.74) is 13.3. The molecule has 0 spiro atoms. The molecular weight excluding hydrogens is 244 g/mol. The van der Waals surface area contributed by atoms with Gasteiger partial charge in [0.1, 0.15) is 0 Å². The van der Waals surface area contributed by atoms with Crippen molar-refractivity contribution in [1.29, 1.82) is 0 Å².